The molecule has 0 aromatic heterocycles. The summed E-state index contributed by atoms with van der Waals surface area (Å²) in [5.74, 6) is -3.42. The van der Waals surface area contributed by atoms with Gasteiger partial charge in [0.1, 0.15) is 0 Å². The summed E-state index contributed by atoms with van der Waals surface area (Å²) in [6, 6.07) is 0. The van der Waals surface area contributed by atoms with Crippen LogP contribution in [0.2, 0.25) is 0 Å². The number of carbonyl (C=O) groups is 2. The average Bonchev–Trinajstić information content (AvgIpc) is 2.52. The van der Waals surface area contributed by atoms with Gasteiger partial charge in [-0.3, -0.25) is 0 Å². The van der Waals surface area contributed by atoms with E-state index in [1.807, 2.05) is 13.8 Å². The fourth-order valence-corrected chi connectivity index (χ4v) is 3.32. The number of hydrogen-bond donors (Lipinski definition) is 2. The van der Waals surface area contributed by atoms with Gasteiger partial charge >= 0.3 is 21.1 Å². The zero-order valence-corrected chi connectivity index (χ0v) is 18.7. The van der Waals surface area contributed by atoms with Crippen LogP contribution in [0.5, 0.6) is 0 Å². The van der Waals surface area contributed by atoms with Crippen molar-refractivity contribution in [2.75, 3.05) is 32.7 Å². The molecule has 0 amide bonds. The molecule has 1 fully saturated rings. The van der Waals surface area contributed by atoms with E-state index in [0.717, 1.165) is 37.8 Å². The van der Waals surface area contributed by atoms with Crippen molar-refractivity contribution in [3.05, 3.63) is 5.21 Å². The molecule has 27 heavy (non-hydrogen) atoms. The second-order valence-corrected chi connectivity index (χ2v) is 7.13. The zero-order valence-electron chi connectivity index (χ0n) is 16.5. The Bertz CT molecular complexity index is 392. The molecule has 9 heteroatoms. The monoisotopic (exact) mass is 568 g/mol. The Balaban J connectivity index is 0. The van der Waals surface area contributed by atoms with Gasteiger partial charge in [0, 0.05) is 5.92 Å². The summed E-state index contributed by atoms with van der Waals surface area (Å²) in [4.78, 5) is 21.1. The van der Waals surface area contributed by atoms with Gasteiger partial charge in [-0.05, 0) is 63.5 Å². The molecular weight excluding hydrogens is 533 g/mol. The Morgan fingerprint density at radius 2 is 1.37 bits per heavy atom. The Hall–Kier alpha value is -0.532. The van der Waals surface area contributed by atoms with Crippen LogP contribution in [0.1, 0.15) is 52.4 Å². The number of carboxylic acid groups (broad SMARTS) is 2. The van der Waals surface area contributed by atoms with Crippen LogP contribution >= 0.6 is 0 Å². The third kappa shape index (κ3) is 11.2. The first-order chi connectivity index (χ1) is 12.2. The summed E-state index contributed by atoms with van der Waals surface area (Å²) >= 11 is 0. The molecule has 1 aliphatic carbocycles. The molecule has 0 bridgehead atoms. The van der Waals surface area contributed by atoms with Crippen molar-refractivity contribution < 1.29 is 45.5 Å². The molecule has 1 aliphatic rings. The Labute approximate surface area is 177 Å². The van der Waals surface area contributed by atoms with Crippen LogP contribution < -0.4 is 21.7 Å². The number of hydrogen-bond acceptors (Lipinski definition) is 7. The number of carboxylic acids is 2. The van der Waals surface area contributed by atoms with E-state index < -0.39 is 17.9 Å². The standard InChI is InChI=1S/C12H23NO5.C6H14N2.Pt/c1-3-7-13(18,8-4-2)9-5-6-10(11(14)15)12(16)17;7-3-5-1-2-6(5)4-8;/h10H,3-9H2,1-2H3,(H,14,15)(H,16,17);5-6H,1-4,7-8H2;/q;;+2/p-2. The van der Waals surface area contributed by atoms with Crippen molar-refractivity contribution in [2.24, 2.45) is 29.2 Å². The molecule has 0 aliphatic heterocycles. The van der Waals surface area contributed by atoms with Crippen molar-refractivity contribution in [3.8, 4) is 0 Å². The van der Waals surface area contributed by atoms with Gasteiger partial charge in [0.2, 0.25) is 0 Å². The third-order valence-electron chi connectivity index (χ3n) is 5.07. The molecule has 0 radical (unpaired) electrons. The molecule has 0 heterocycles. The first-order valence-electron chi connectivity index (χ1n) is 9.63. The molecule has 0 aromatic carbocycles. The molecule has 162 valence electrons. The first kappa shape index (κ1) is 28.7. The molecule has 2 unspecified atom stereocenters. The Kier molecular flexibility index (Phi) is 16.4. The number of nitrogens with two attached hydrogens (primary N) is 2. The van der Waals surface area contributed by atoms with Crippen LogP contribution in [0.25, 0.3) is 0 Å². The molecule has 0 aromatic rings. The second kappa shape index (κ2) is 15.4. The van der Waals surface area contributed by atoms with Gasteiger partial charge in [-0.1, -0.05) is 13.8 Å². The number of aliphatic carboxylic acids is 2. The minimum atomic E-state index is -1.65. The van der Waals surface area contributed by atoms with Gasteiger partial charge in [-0.15, -0.1) is 0 Å². The number of rotatable bonds is 12. The normalized spacial score (nSPS) is 18.7. The van der Waals surface area contributed by atoms with E-state index in [1.54, 1.807) is 0 Å². The Morgan fingerprint density at radius 3 is 1.63 bits per heavy atom. The van der Waals surface area contributed by atoms with Crippen LogP contribution in [0, 0.1) is 23.0 Å². The minimum absolute atomic E-state index is 0. The van der Waals surface area contributed by atoms with Gasteiger partial charge in [0.05, 0.1) is 31.6 Å². The summed E-state index contributed by atoms with van der Waals surface area (Å²) < 4.78 is -0.389. The van der Waals surface area contributed by atoms with Crippen LogP contribution in [0.3, 0.4) is 0 Å². The van der Waals surface area contributed by atoms with Crippen molar-refractivity contribution in [1.29, 1.82) is 0 Å². The zero-order chi connectivity index (χ0) is 20.2. The quantitative estimate of drug-likeness (QED) is 0.173. The average molecular weight is 569 g/mol. The van der Waals surface area contributed by atoms with Crippen LogP contribution in [-0.2, 0) is 30.7 Å². The molecule has 1 saturated carbocycles. The summed E-state index contributed by atoms with van der Waals surface area (Å²) in [5, 5.41) is 33.3. The smallest absolute Gasteiger partial charge is 0.633 e. The van der Waals surface area contributed by atoms with Gasteiger partial charge in [-0.2, -0.15) is 0 Å². The van der Waals surface area contributed by atoms with Crippen molar-refractivity contribution >= 4 is 11.9 Å². The van der Waals surface area contributed by atoms with E-state index in [9.17, 15) is 25.0 Å². The van der Waals surface area contributed by atoms with E-state index >= 15 is 0 Å². The van der Waals surface area contributed by atoms with Crippen LogP contribution in [0.15, 0.2) is 0 Å². The predicted molar refractivity (Wildman–Crippen MR) is 95.9 cm³/mol. The summed E-state index contributed by atoms with van der Waals surface area (Å²) in [6.07, 6.45) is 4.23. The van der Waals surface area contributed by atoms with E-state index in [-0.39, 0.29) is 45.1 Å². The SMILES string of the molecule is CCC[N+]([O-])(CCC)CCCC(C(=O)[O-])C(=O)[O-].NCC1CCC1CN.[Pt+2]. The summed E-state index contributed by atoms with van der Waals surface area (Å²) in [6.45, 7) is 6.66. The summed E-state index contributed by atoms with van der Waals surface area (Å²) in [7, 11) is 0. The molecule has 0 saturated heterocycles. The molecule has 2 atom stereocenters. The largest absolute Gasteiger partial charge is 2.00 e. The molecular formula is C18H35N3O5Pt. The van der Waals surface area contributed by atoms with E-state index in [1.165, 1.54) is 12.8 Å². The second-order valence-electron chi connectivity index (χ2n) is 7.13. The maximum atomic E-state index is 12.2. The number of nitrogens with zero attached hydrogens (tertiary/aromatic N) is 1. The molecule has 4 N–H and O–H groups in total. The number of carbonyl (C=O) groups excluding carboxylic acids is 2. The van der Waals surface area contributed by atoms with Crippen LogP contribution in [0.4, 0.5) is 0 Å². The fourth-order valence-electron chi connectivity index (χ4n) is 3.32. The maximum absolute atomic E-state index is 12.2. The summed E-state index contributed by atoms with van der Waals surface area (Å²) in [5.41, 5.74) is 10.9. The van der Waals surface area contributed by atoms with E-state index in [4.69, 9.17) is 11.5 Å². The van der Waals surface area contributed by atoms with E-state index in [0.29, 0.717) is 13.1 Å². The van der Waals surface area contributed by atoms with Gasteiger partial charge in [0.15, 0.2) is 0 Å². The maximum Gasteiger partial charge on any atom is 2.00 e. The number of hydroxylamine groups is 3. The third-order valence-corrected chi connectivity index (χ3v) is 5.07. The van der Waals surface area contributed by atoms with Crippen molar-refractivity contribution in [2.45, 2.75) is 52.4 Å². The van der Waals surface area contributed by atoms with Crippen LogP contribution in [-0.4, -0.2) is 49.3 Å². The Morgan fingerprint density at radius 1 is 0.963 bits per heavy atom. The fraction of sp³-hybridized carbons (Fsp3) is 0.889. The molecule has 1 rings (SSSR count). The van der Waals surface area contributed by atoms with Crippen molar-refractivity contribution in [3.63, 3.8) is 0 Å². The predicted octanol–water partition coefficient (Wildman–Crippen LogP) is -1.06. The van der Waals surface area contributed by atoms with Gasteiger partial charge in [-0.25, -0.2) is 0 Å². The first-order valence-corrected chi connectivity index (χ1v) is 9.63. The number of quaternary nitrogens is 1. The van der Waals surface area contributed by atoms with E-state index in [2.05, 4.69) is 0 Å². The molecule has 8 nitrogen and oxygen atoms in total. The van der Waals surface area contributed by atoms with Gasteiger partial charge < -0.3 is 41.1 Å². The molecule has 0 spiro atoms. The topological polar surface area (TPSA) is 155 Å². The minimum Gasteiger partial charge on any atom is -0.633 e. The van der Waals surface area contributed by atoms with Crippen molar-refractivity contribution in [1.82, 2.24) is 0 Å². The van der Waals surface area contributed by atoms with Gasteiger partial charge in [0.25, 0.3) is 0 Å².